The summed E-state index contributed by atoms with van der Waals surface area (Å²) >= 11 is 0. The summed E-state index contributed by atoms with van der Waals surface area (Å²) in [7, 11) is 0. The fraction of sp³-hybridized carbons (Fsp3) is 0.368. The molecule has 1 aliphatic carbocycles. The van der Waals surface area contributed by atoms with Gasteiger partial charge in [0, 0.05) is 6.04 Å². The van der Waals surface area contributed by atoms with Crippen LogP contribution in [0.3, 0.4) is 0 Å². The Balaban J connectivity index is 1.53. The third-order valence-corrected chi connectivity index (χ3v) is 4.39. The number of carbonyl (C=O) groups excluding carboxylic acids is 2. The van der Waals surface area contributed by atoms with E-state index < -0.39 is 0 Å². The van der Waals surface area contributed by atoms with E-state index in [0.717, 1.165) is 16.3 Å². The molecule has 4 nitrogen and oxygen atoms in total. The Morgan fingerprint density at radius 1 is 1.09 bits per heavy atom. The minimum atomic E-state index is -0.129. The van der Waals surface area contributed by atoms with E-state index in [1.165, 1.54) is 12.8 Å². The number of rotatable bonds is 6. The second kappa shape index (κ2) is 6.82. The van der Waals surface area contributed by atoms with E-state index in [2.05, 4.69) is 10.6 Å². The van der Waals surface area contributed by atoms with Gasteiger partial charge in [-0.05, 0) is 42.0 Å². The third-order valence-electron chi connectivity index (χ3n) is 4.39. The first kappa shape index (κ1) is 15.5. The Labute approximate surface area is 136 Å². The summed E-state index contributed by atoms with van der Waals surface area (Å²) in [6, 6.07) is 14.1. The van der Waals surface area contributed by atoms with E-state index in [9.17, 15) is 9.59 Å². The van der Waals surface area contributed by atoms with Crippen molar-refractivity contribution >= 4 is 22.6 Å². The molecule has 0 heterocycles. The second-order valence-electron chi connectivity index (χ2n) is 6.29. The number of nitrogens with one attached hydrogen (secondary N) is 2. The Bertz CT molecular complexity index is 717. The van der Waals surface area contributed by atoms with Crippen molar-refractivity contribution in [3.8, 4) is 0 Å². The van der Waals surface area contributed by atoms with Crippen LogP contribution in [-0.4, -0.2) is 24.4 Å². The van der Waals surface area contributed by atoms with Gasteiger partial charge in [0.25, 0.3) is 0 Å². The van der Waals surface area contributed by atoms with E-state index in [1.54, 1.807) is 0 Å². The van der Waals surface area contributed by atoms with Crippen LogP contribution in [0.5, 0.6) is 0 Å². The lowest BCUT2D eigenvalue weighted by atomic mass is 10.0. The van der Waals surface area contributed by atoms with Crippen LogP contribution in [-0.2, 0) is 16.0 Å². The van der Waals surface area contributed by atoms with Gasteiger partial charge in [-0.15, -0.1) is 0 Å². The molecule has 1 atom stereocenters. The van der Waals surface area contributed by atoms with Crippen molar-refractivity contribution in [2.45, 2.75) is 32.2 Å². The van der Waals surface area contributed by atoms with Crippen LogP contribution >= 0.6 is 0 Å². The molecule has 2 amide bonds. The smallest absolute Gasteiger partial charge is 0.239 e. The number of amides is 2. The molecule has 3 rings (SSSR count). The van der Waals surface area contributed by atoms with Gasteiger partial charge in [-0.3, -0.25) is 9.59 Å². The van der Waals surface area contributed by atoms with Crippen molar-refractivity contribution in [2.24, 2.45) is 5.92 Å². The molecule has 2 N–H and O–H groups in total. The summed E-state index contributed by atoms with van der Waals surface area (Å²) in [5.74, 6) is 0.372. The fourth-order valence-electron chi connectivity index (χ4n) is 2.88. The number of fused-ring (bicyclic) bond motifs is 1. The zero-order valence-corrected chi connectivity index (χ0v) is 13.3. The van der Waals surface area contributed by atoms with Crippen molar-refractivity contribution in [3.63, 3.8) is 0 Å². The van der Waals surface area contributed by atoms with Gasteiger partial charge in [-0.2, -0.15) is 0 Å². The molecule has 2 aromatic rings. The fourth-order valence-corrected chi connectivity index (χ4v) is 2.88. The van der Waals surface area contributed by atoms with Crippen molar-refractivity contribution in [2.75, 3.05) is 6.54 Å². The lowest BCUT2D eigenvalue weighted by molar-refractivity contribution is -0.126. The Morgan fingerprint density at radius 2 is 1.83 bits per heavy atom. The minimum Gasteiger partial charge on any atom is -0.352 e. The molecule has 1 saturated carbocycles. The molecular formula is C19H22N2O2. The van der Waals surface area contributed by atoms with Crippen molar-refractivity contribution in [3.05, 3.63) is 48.0 Å². The van der Waals surface area contributed by atoms with Gasteiger partial charge in [0.1, 0.15) is 0 Å². The summed E-state index contributed by atoms with van der Waals surface area (Å²) in [5, 5.41) is 7.85. The third kappa shape index (κ3) is 4.09. The second-order valence-corrected chi connectivity index (χ2v) is 6.29. The Kier molecular flexibility index (Phi) is 4.60. The molecule has 4 heteroatoms. The normalized spacial score (nSPS) is 15.2. The molecule has 0 radical (unpaired) electrons. The highest BCUT2D eigenvalue weighted by Crippen LogP contribution is 2.32. The van der Waals surface area contributed by atoms with E-state index in [0.29, 0.717) is 5.92 Å². The number of carbonyl (C=O) groups is 2. The summed E-state index contributed by atoms with van der Waals surface area (Å²) < 4.78 is 0. The number of hydrogen-bond donors (Lipinski definition) is 2. The molecule has 2 aromatic carbocycles. The van der Waals surface area contributed by atoms with Crippen LogP contribution in [0.1, 0.15) is 25.3 Å². The average Bonchev–Trinajstić information content (AvgIpc) is 3.38. The van der Waals surface area contributed by atoms with Crippen LogP contribution in [0.25, 0.3) is 10.8 Å². The van der Waals surface area contributed by atoms with E-state index in [1.807, 2.05) is 49.4 Å². The van der Waals surface area contributed by atoms with Gasteiger partial charge in [-0.1, -0.05) is 42.5 Å². The van der Waals surface area contributed by atoms with Crippen molar-refractivity contribution in [1.29, 1.82) is 0 Å². The van der Waals surface area contributed by atoms with Gasteiger partial charge < -0.3 is 10.6 Å². The van der Waals surface area contributed by atoms with Gasteiger partial charge in [0.15, 0.2) is 0 Å². The monoisotopic (exact) mass is 310 g/mol. The molecule has 0 aliphatic heterocycles. The molecule has 0 aromatic heterocycles. The van der Waals surface area contributed by atoms with Gasteiger partial charge in [-0.25, -0.2) is 0 Å². The van der Waals surface area contributed by atoms with Gasteiger partial charge in [0.2, 0.25) is 11.8 Å². The minimum absolute atomic E-state index is 0.0423. The van der Waals surface area contributed by atoms with Gasteiger partial charge >= 0.3 is 0 Å². The topological polar surface area (TPSA) is 58.2 Å². The van der Waals surface area contributed by atoms with Crippen LogP contribution in [0.15, 0.2) is 42.5 Å². The van der Waals surface area contributed by atoms with E-state index in [4.69, 9.17) is 0 Å². The first-order chi connectivity index (χ1) is 11.1. The molecule has 120 valence electrons. The van der Waals surface area contributed by atoms with Crippen molar-refractivity contribution < 1.29 is 9.59 Å². The SMILES string of the molecule is C[C@H](NC(=O)CNC(=O)Cc1cccc2ccccc12)C1CC1. The highest BCUT2D eigenvalue weighted by Gasteiger charge is 2.28. The van der Waals surface area contributed by atoms with E-state index >= 15 is 0 Å². The lowest BCUT2D eigenvalue weighted by Crippen LogP contribution is -2.42. The van der Waals surface area contributed by atoms with Crippen LogP contribution in [0, 0.1) is 5.92 Å². The van der Waals surface area contributed by atoms with Crippen LogP contribution < -0.4 is 10.6 Å². The maximum Gasteiger partial charge on any atom is 0.239 e. The molecule has 1 aliphatic rings. The summed E-state index contributed by atoms with van der Waals surface area (Å²) in [6.45, 7) is 2.06. The van der Waals surface area contributed by atoms with Crippen LogP contribution in [0.4, 0.5) is 0 Å². The molecular weight excluding hydrogens is 288 g/mol. The van der Waals surface area contributed by atoms with E-state index in [-0.39, 0.29) is 30.8 Å². The van der Waals surface area contributed by atoms with Gasteiger partial charge in [0.05, 0.1) is 13.0 Å². The molecule has 0 spiro atoms. The molecule has 0 bridgehead atoms. The first-order valence-corrected chi connectivity index (χ1v) is 8.16. The molecule has 1 fully saturated rings. The molecule has 23 heavy (non-hydrogen) atoms. The first-order valence-electron chi connectivity index (χ1n) is 8.16. The maximum absolute atomic E-state index is 12.1. The zero-order valence-electron chi connectivity index (χ0n) is 13.3. The Hall–Kier alpha value is -2.36. The highest BCUT2D eigenvalue weighted by atomic mass is 16.2. The predicted molar refractivity (Wildman–Crippen MR) is 91.0 cm³/mol. The number of benzene rings is 2. The number of hydrogen-bond acceptors (Lipinski definition) is 2. The standard InChI is InChI=1S/C19H22N2O2/c1-13(14-9-10-14)21-19(23)12-20-18(22)11-16-7-4-6-15-5-2-3-8-17(15)16/h2-8,13-14H,9-12H2,1H3,(H,20,22)(H,21,23)/t13-/m0/s1. The summed E-state index contributed by atoms with van der Waals surface area (Å²) in [6.07, 6.45) is 2.66. The Morgan fingerprint density at radius 3 is 2.61 bits per heavy atom. The summed E-state index contributed by atoms with van der Waals surface area (Å²) in [4.78, 5) is 23.9. The lowest BCUT2D eigenvalue weighted by Gasteiger charge is -2.13. The van der Waals surface area contributed by atoms with Crippen molar-refractivity contribution in [1.82, 2.24) is 10.6 Å². The van der Waals surface area contributed by atoms with Crippen LogP contribution in [0.2, 0.25) is 0 Å². The molecule has 0 unspecified atom stereocenters. The zero-order chi connectivity index (χ0) is 16.2. The average molecular weight is 310 g/mol. The highest BCUT2D eigenvalue weighted by molar-refractivity contribution is 5.91. The summed E-state index contributed by atoms with van der Waals surface area (Å²) in [5.41, 5.74) is 0.979. The maximum atomic E-state index is 12.1. The quantitative estimate of drug-likeness (QED) is 0.861. The molecule has 0 saturated heterocycles. The predicted octanol–water partition coefficient (Wildman–Crippen LogP) is 2.41. The largest absolute Gasteiger partial charge is 0.352 e.